The van der Waals surface area contributed by atoms with Crippen LogP contribution in [0.15, 0.2) is 185 Å². The molecule has 10 aromatic rings. The van der Waals surface area contributed by atoms with Crippen molar-refractivity contribution in [2.45, 2.75) is 19.3 Å². The normalized spacial score (nSPS) is 13.1. The summed E-state index contributed by atoms with van der Waals surface area (Å²) in [6.45, 7) is 4.68. The van der Waals surface area contributed by atoms with E-state index in [1.807, 2.05) is 18.2 Å². The molecule has 0 aliphatic heterocycles. The van der Waals surface area contributed by atoms with Crippen LogP contribution < -0.4 is 4.90 Å². The summed E-state index contributed by atoms with van der Waals surface area (Å²) in [7, 11) is 0. The summed E-state index contributed by atoms with van der Waals surface area (Å²) in [4.78, 5) is 2.40. The largest absolute Gasteiger partial charge is 0.456 e. The van der Waals surface area contributed by atoms with Crippen molar-refractivity contribution in [1.82, 2.24) is 0 Å². The van der Waals surface area contributed by atoms with E-state index >= 15 is 0 Å². The van der Waals surface area contributed by atoms with Crippen molar-refractivity contribution < 1.29 is 8.83 Å². The van der Waals surface area contributed by atoms with Crippen molar-refractivity contribution in [1.29, 1.82) is 0 Å². The lowest BCUT2D eigenvalue weighted by atomic mass is 9.82. The molecule has 256 valence electrons. The van der Waals surface area contributed by atoms with Gasteiger partial charge in [-0.1, -0.05) is 129 Å². The van der Waals surface area contributed by atoms with E-state index in [4.69, 9.17) is 8.83 Å². The van der Waals surface area contributed by atoms with Crippen LogP contribution in [0.3, 0.4) is 0 Å². The summed E-state index contributed by atoms with van der Waals surface area (Å²) in [5, 5.41) is 4.44. The second kappa shape index (κ2) is 11.6. The number of hydrogen-bond acceptors (Lipinski definition) is 3. The molecule has 3 nitrogen and oxygen atoms in total. The van der Waals surface area contributed by atoms with Crippen LogP contribution in [0.1, 0.15) is 25.0 Å². The molecule has 3 heteroatoms. The van der Waals surface area contributed by atoms with E-state index in [1.54, 1.807) is 0 Å². The Bertz CT molecular complexity index is 3090. The number of anilines is 3. The molecule has 2 aromatic heterocycles. The Balaban J connectivity index is 1.14. The van der Waals surface area contributed by atoms with Gasteiger partial charge in [0.05, 0.1) is 5.69 Å². The first-order chi connectivity index (χ1) is 26.5. The zero-order valence-electron chi connectivity index (χ0n) is 30.0. The van der Waals surface area contributed by atoms with Gasteiger partial charge in [0.2, 0.25) is 0 Å². The Morgan fingerprint density at radius 1 is 0.389 bits per heavy atom. The van der Waals surface area contributed by atoms with Crippen LogP contribution in [0, 0.1) is 0 Å². The summed E-state index contributed by atoms with van der Waals surface area (Å²) in [6, 6.07) is 62.9. The van der Waals surface area contributed by atoms with E-state index < -0.39 is 0 Å². The van der Waals surface area contributed by atoms with Crippen molar-refractivity contribution in [2.24, 2.45) is 0 Å². The predicted molar refractivity (Wildman–Crippen MR) is 224 cm³/mol. The van der Waals surface area contributed by atoms with Gasteiger partial charge in [0, 0.05) is 50.0 Å². The summed E-state index contributed by atoms with van der Waals surface area (Å²) in [6.07, 6.45) is 0. The summed E-state index contributed by atoms with van der Waals surface area (Å²) >= 11 is 0. The number of hydrogen-bond donors (Lipinski definition) is 0. The Hall–Kier alpha value is -6.84. The maximum atomic E-state index is 6.70. The molecule has 54 heavy (non-hydrogen) atoms. The molecule has 0 bridgehead atoms. The second-order valence-electron chi connectivity index (χ2n) is 14.9. The Labute approximate surface area is 313 Å². The molecule has 1 aliphatic rings. The molecule has 8 aromatic carbocycles. The maximum absolute atomic E-state index is 6.70. The first kappa shape index (κ1) is 30.8. The fourth-order valence-corrected chi connectivity index (χ4v) is 8.87. The SMILES string of the molecule is CC1(C)c2ccccc2-c2ccc(N(c3ccc4c(c3)oc3cc(-c5ccccc5)ccc34)c3ccccc3-c3cccc4oc5ccccc5c34)cc21. The van der Waals surface area contributed by atoms with Gasteiger partial charge in [-0.15, -0.1) is 0 Å². The van der Waals surface area contributed by atoms with Gasteiger partial charge in [0.25, 0.3) is 0 Å². The molecular weight excluding hydrogens is 659 g/mol. The van der Waals surface area contributed by atoms with Crippen LogP contribution in [0.5, 0.6) is 0 Å². The highest BCUT2D eigenvalue weighted by molar-refractivity contribution is 6.14. The number of para-hydroxylation sites is 2. The molecule has 0 saturated heterocycles. The number of nitrogens with zero attached hydrogens (tertiary/aromatic N) is 1. The number of benzene rings is 8. The third-order valence-electron chi connectivity index (χ3n) is 11.5. The molecule has 2 heterocycles. The minimum absolute atomic E-state index is 0.145. The number of fused-ring (bicyclic) bond motifs is 9. The highest BCUT2D eigenvalue weighted by atomic mass is 16.3. The molecule has 0 saturated carbocycles. The van der Waals surface area contributed by atoms with Crippen molar-refractivity contribution in [3.8, 4) is 33.4 Å². The van der Waals surface area contributed by atoms with E-state index in [0.717, 1.165) is 77.6 Å². The van der Waals surface area contributed by atoms with Gasteiger partial charge in [-0.3, -0.25) is 0 Å². The van der Waals surface area contributed by atoms with Crippen molar-refractivity contribution in [2.75, 3.05) is 4.90 Å². The third kappa shape index (κ3) is 4.55. The average Bonchev–Trinajstić information content (AvgIpc) is 3.85. The zero-order valence-corrected chi connectivity index (χ0v) is 30.0. The van der Waals surface area contributed by atoms with Crippen LogP contribution in [-0.2, 0) is 5.41 Å². The lowest BCUT2D eigenvalue weighted by Gasteiger charge is -2.30. The molecular formula is C51H35NO2. The predicted octanol–water partition coefficient (Wildman–Crippen LogP) is 14.6. The van der Waals surface area contributed by atoms with E-state index in [9.17, 15) is 0 Å². The van der Waals surface area contributed by atoms with Gasteiger partial charge >= 0.3 is 0 Å². The minimum atomic E-state index is -0.145. The van der Waals surface area contributed by atoms with E-state index in [0.29, 0.717) is 0 Å². The molecule has 0 atom stereocenters. The monoisotopic (exact) mass is 693 g/mol. The molecule has 0 amide bonds. The highest BCUT2D eigenvalue weighted by Gasteiger charge is 2.36. The molecule has 0 radical (unpaired) electrons. The van der Waals surface area contributed by atoms with E-state index in [1.165, 1.54) is 27.8 Å². The lowest BCUT2D eigenvalue weighted by molar-refractivity contribution is 0.660. The molecule has 0 fully saturated rings. The topological polar surface area (TPSA) is 29.5 Å². The van der Waals surface area contributed by atoms with Crippen molar-refractivity contribution in [3.05, 3.63) is 187 Å². The Morgan fingerprint density at radius 2 is 1.02 bits per heavy atom. The average molecular weight is 694 g/mol. The fraction of sp³-hybridized carbons (Fsp3) is 0.0588. The van der Waals surface area contributed by atoms with Gasteiger partial charge < -0.3 is 13.7 Å². The first-order valence-corrected chi connectivity index (χ1v) is 18.6. The summed E-state index contributed by atoms with van der Waals surface area (Å²) < 4.78 is 13.1. The van der Waals surface area contributed by atoms with E-state index in [-0.39, 0.29) is 5.41 Å². The maximum Gasteiger partial charge on any atom is 0.137 e. The van der Waals surface area contributed by atoms with Gasteiger partial charge in [0.15, 0.2) is 0 Å². The van der Waals surface area contributed by atoms with Crippen LogP contribution >= 0.6 is 0 Å². The first-order valence-electron chi connectivity index (χ1n) is 18.6. The van der Waals surface area contributed by atoms with Gasteiger partial charge in [-0.2, -0.15) is 0 Å². The van der Waals surface area contributed by atoms with Crippen molar-refractivity contribution >= 4 is 60.9 Å². The smallest absolute Gasteiger partial charge is 0.137 e. The highest BCUT2D eigenvalue weighted by Crippen LogP contribution is 2.52. The molecule has 11 rings (SSSR count). The zero-order chi connectivity index (χ0) is 36.0. The van der Waals surface area contributed by atoms with Crippen LogP contribution in [0.2, 0.25) is 0 Å². The standard InChI is InChI=1S/C51H35NO2/c1-51(2)43-19-9-6-15-36(43)37-27-24-34(30-44(37)51)52(35-25-28-40-39-26-23-33(32-13-4-3-5-14-32)29-48(39)54-49(40)31-35)45-20-10-7-16-38(45)41-18-12-22-47-50(41)42-17-8-11-21-46(42)53-47/h3-31H,1-2H3. The minimum Gasteiger partial charge on any atom is -0.456 e. The van der Waals surface area contributed by atoms with Gasteiger partial charge in [-0.25, -0.2) is 0 Å². The van der Waals surface area contributed by atoms with Crippen molar-refractivity contribution in [3.63, 3.8) is 0 Å². The van der Waals surface area contributed by atoms with E-state index in [2.05, 4.69) is 176 Å². The fourth-order valence-electron chi connectivity index (χ4n) is 8.87. The molecule has 0 N–H and O–H groups in total. The Kier molecular flexibility index (Phi) is 6.60. The van der Waals surface area contributed by atoms with Crippen LogP contribution in [0.4, 0.5) is 17.1 Å². The lowest BCUT2D eigenvalue weighted by Crippen LogP contribution is -2.16. The van der Waals surface area contributed by atoms with Gasteiger partial charge in [-0.05, 0) is 93.5 Å². The van der Waals surface area contributed by atoms with Crippen LogP contribution in [-0.4, -0.2) is 0 Å². The Morgan fingerprint density at radius 3 is 1.91 bits per heavy atom. The second-order valence-corrected chi connectivity index (χ2v) is 14.9. The third-order valence-corrected chi connectivity index (χ3v) is 11.5. The summed E-state index contributed by atoms with van der Waals surface area (Å²) in [5.74, 6) is 0. The molecule has 0 unspecified atom stereocenters. The molecule has 1 aliphatic carbocycles. The summed E-state index contributed by atoms with van der Waals surface area (Å²) in [5.41, 5.74) is 16.4. The molecule has 0 spiro atoms. The van der Waals surface area contributed by atoms with Gasteiger partial charge in [0.1, 0.15) is 22.3 Å². The quantitative estimate of drug-likeness (QED) is 0.180. The number of furan rings is 2. The van der Waals surface area contributed by atoms with Crippen LogP contribution in [0.25, 0.3) is 77.3 Å². The number of rotatable bonds is 5.